The predicted octanol–water partition coefficient (Wildman–Crippen LogP) is 4.08. The van der Waals surface area contributed by atoms with Gasteiger partial charge in [-0.2, -0.15) is 4.98 Å². The van der Waals surface area contributed by atoms with E-state index in [4.69, 9.17) is 21.1 Å². The second-order valence-corrected chi connectivity index (χ2v) is 7.32. The normalized spacial score (nSPS) is 18.3. The molecule has 0 saturated carbocycles. The predicted molar refractivity (Wildman–Crippen MR) is 92.4 cm³/mol. The van der Waals surface area contributed by atoms with Gasteiger partial charge in [0.25, 0.3) is 0 Å². The SMILES string of the molecule is CC(C)(C)OC(=O)N1CCCC[C@H]1CCCOc1ccnc(Cl)n1. The van der Waals surface area contributed by atoms with Crippen molar-refractivity contribution < 1.29 is 14.3 Å². The van der Waals surface area contributed by atoms with Crippen LogP contribution in [0.1, 0.15) is 52.9 Å². The van der Waals surface area contributed by atoms with Crippen molar-refractivity contribution in [3.8, 4) is 5.88 Å². The van der Waals surface area contributed by atoms with Gasteiger partial charge in [-0.25, -0.2) is 9.78 Å². The zero-order valence-electron chi connectivity index (χ0n) is 14.6. The van der Waals surface area contributed by atoms with Gasteiger partial charge in [-0.15, -0.1) is 0 Å². The van der Waals surface area contributed by atoms with Gasteiger partial charge in [-0.05, 0) is 64.5 Å². The van der Waals surface area contributed by atoms with E-state index in [1.165, 1.54) is 0 Å². The smallest absolute Gasteiger partial charge is 0.410 e. The van der Waals surface area contributed by atoms with E-state index in [0.717, 1.165) is 38.6 Å². The molecule has 2 heterocycles. The zero-order chi connectivity index (χ0) is 17.6. The van der Waals surface area contributed by atoms with Gasteiger partial charge >= 0.3 is 6.09 Å². The highest BCUT2D eigenvalue weighted by Crippen LogP contribution is 2.23. The fourth-order valence-corrected chi connectivity index (χ4v) is 2.90. The third-order valence-electron chi connectivity index (χ3n) is 3.79. The molecule has 0 bridgehead atoms. The molecule has 1 atom stereocenters. The lowest BCUT2D eigenvalue weighted by atomic mass is 9.98. The van der Waals surface area contributed by atoms with Crippen LogP contribution in [-0.2, 0) is 4.74 Å². The first-order chi connectivity index (χ1) is 11.3. The Kier molecular flexibility index (Phi) is 6.66. The number of carbonyl (C=O) groups excluding carboxylic acids is 1. The fourth-order valence-electron chi connectivity index (χ4n) is 2.76. The van der Waals surface area contributed by atoms with Gasteiger partial charge in [0, 0.05) is 24.8 Å². The summed E-state index contributed by atoms with van der Waals surface area (Å²) in [5.74, 6) is 0.475. The molecule has 2 rings (SSSR count). The van der Waals surface area contributed by atoms with Crippen LogP contribution < -0.4 is 4.74 Å². The first-order valence-electron chi connectivity index (χ1n) is 8.46. The molecule has 6 nitrogen and oxygen atoms in total. The lowest BCUT2D eigenvalue weighted by Gasteiger charge is -2.36. The van der Waals surface area contributed by atoms with Crippen LogP contribution in [0.3, 0.4) is 0 Å². The molecule has 0 aromatic carbocycles. The van der Waals surface area contributed by atoms with Gasteiger partial charge in [0.05, 0.1) is 6.61 Å². The molecule has 1 aliphatic rings. The molecule has 134 valence electrons. The highest BCUT2D eigenvalue weighted by Gasteiger charge is 2.30. The van der Waals surface area contributed by atoms with Crippen molar-refractivity contribution in [3.05, 3.63) is 17.5 Å². The maximum atomic E-state index is 12.4. The van der Waals surface area contributed by atoms with Gasteiger partial charge in [-0.1, -0.05) is 0 Å². The summed E-state index contributed by atoms with van der Waals surface area (Å²) in [5.41, 5.74) is -0.464. The topological polar surface area (TPSA) is 64.5 Å². The number of piperidine rings is 1. The molecule has 1 saturated heterocycles. The van der Waals surface area contributed by atoms with Crippen LogP contribution in [-0.4, -0.2) is 45.8 Å². The quantitative estimate of drug-likeness (QED) is 0.588. The molecule has 1 aromatic rings. The number of ether oxygens (including phenoxy) is 2. The van der Waals surface area contributed by atoms with Crippen LogP contribution in [0.2, 0.25) is 5.28 Å². The van der Waals surface area contributed by atoms with Crippen LogP contribution >= 0.6 is 11.6 Å². The molecule has 1 aliphatic heterocycles. The van der Waals surface area contributed by atoms with Crippen molar-refractivity contribution in [1.29, 1.82) is 0 Å². The van der Waals surface area contributed by atoms with E-state index >= 15 is 0 Å². The second kappa shape index (κ2) is 8.51. The maximum Gasteiger partial charge on any atom is 0.410 e. The number of halogens is 1. The number of rotatable bonds is 5. The minimum Gasteiger partial charge on any atom is -0.478 e. The van der Waals surface area contributed by atoms with Crippen LogP contribution in [0.25, 0.3) is 0 Å². The Balaban J connectivity index is 1.79. The van der Waals surface area contributed by atoms with Crippen LogP contribution in [0, 0.1) is 0 Å². The number of amides is 1. The second-order valence-electron chi connectivity index (χ2n) is 6.98. The molecular weight excluding hydrogens is 330 g/mol. The average Bonchev–Trinajstić information content (AvgIpc) is 2.50. The summed E-state index contributed by atoms with van der Waals surface area (Å²) in [6.07, 6.45) is 6.27. The molecule has 0 N–H and O–H groups in total. The Hall–Kier alpha value is -1.56. The van der Waals surface area contributed by atoms with E-state index in [0.29, 0.717) is 12.5 Å². The van der Waals surface area contributed by atoms with E-state index in [9.17, 15) is 4.79 Å². The van der Waals surface area contributed by atoms with Crippen molar-refractivity contribution >= 4 is 17.7 Å². The Bertz CT molecular complexity index is 548. The molecule has 0 aliphatic carbocycles. The van der Waals surface area contributed by atoms with Crippen LogP contribution in [0.5, 0.6) is 5.88 Å². The van der Waals surface area contributed by atoms with Crippen molar-refractivity contribution in [1.82, 2.24) is 14.9 Å². The van der Waals surface area contributed by atoms with E-state index in [1.807, 2.05) is 25.7 Å². The first-order valence-corrected chi connectivity index (χ1v) is 8.84. The minimum absolute atomic E-state index is 0.177. The molecule has 0 spiro atoms. The maximum absolute atomic E-state index is 12.4. The summed E-state index contributed by atoms with van der Waals surface area (Å²) in [4.78, 5) is 22.0. The Morgan fingerprint density at radius 3 is 2.92 bits per heavy atom. The lowest BCUT2D eigenvalue weighted by Crippen LogP contribution is -2.46. The molecule has 1 amide bonds. The summed E-state index contributed by atoms with van der Waals surface area (Å²) >= 11 is 5.73. The zero-order valence-corrected chi connectivity index (χ0v) is 15.4. The Labute approximate surface area is 148 Å². The standard InChI is InChI=1S/C17H26ClN3O3/c1-17(2,3)24-16(22)21-11-5-4-7-13(21)8-6-12-23-14-9-10-19-15(18)20-14/h9-10,13H,4-8,11-12H2,1-3H3/t13-/m0/s1. The van der Waals surface area contributed by atoms with Crippen LogP contribution in [0.15, 0.2) is 12.3 Å². The molecule has 7 heteroatoms. The highest BCUT2D eigenvalue weighted by molar-refractivity contribution is 6.28. The van der Waals surface area contributed by atoms with E-state index in [1.54, 1.807) is 12.3 Å². The van der Waals surface area contributed by atoms with Crippen molar-refractivity contribution in [2.24, 2.45) is 0 Å². The molecule has 0 unspecified atom stereocenters. The van der Waals surface area contributed by atoms with Crippen molar-refractivity contribution in [3.63, 3.8) is 0 Å². The Morgan fingerprint density at radius 1 is 1.42 bits per heavy atom. The van der Waals surface area contributed by atoms with E-state index < -0.39 is 5.60 Å². The summed E-state index contributed by atoms with van der Waals surface area (Å²) < 4.78 is 11.1. The average molecular weight is 356 g/mol. The number of hydrogen-bond donors (Lipinski definition) is 0. The molecule has 1 fully saturated rings. The lowest BCUT2D eigenvalue weighted by molar-refractivity contribution is 0.00822. The van der Waals surface area contributed by atoms with Crippen LogP contribution in [0.4, 0.5) is 4.79 Å². The summed E-state index contributed by atoms with van der Waals surface area (Å²) in [6.45, 7) is 6.98. The molecule has 0 radical (unpaired) electrons. The third-order valence-corrected chi connectivity index (χ3v) is 3.97. The van der Waals surface area contributed by atoms with Gasteiger partial charge in [-0.3, -0.25) is 0 Å². The van der Waals surface area contributed by atoms with Gasteiger partial charge in [0.2, 0.25) is 11.2 Å². The fraction of sp³-hybridized carbons (Fsp3) is 0.706. The van der Waals surface area contributed by atoms with Crippen molar-refractivity contribution in [2.45, 2.75) is 64.5 Å². The number of nitrogens with zero attached hydrogens (tertiary/aromatic N) is 3. The number of aromatic nitrogens is 2. The highest BCUT2D eigenvalue weighted by atomic mass is 35.5. The molecule has 1 aromatic heterocycles. The first kappa shape index (κ1) is 18.8. The number of likely N-dealkylation sites (tertiary alicyclic amines) is 1. The molecule has 24 heavy (non-hydrogen) atoms. The minimum atomic E-state index is -0.464. The van der Waals surface area contributed by atoms with Gasteiger partial charge < -0.3 is 14.4 Å². The number of hydrogen-bond acceptors (Lipinski definition) is 5. The summed E-state index contributed by atoms with van der Waals surface area (Å²) in [6, 6.07) is 1.89. The van der Waals surface area contributed by atoms with Crippen molar-refractivity contribution in [2.75, 3.05) is 13.2 Å². The monoisotopic (exact) mass is 355 g/mol. The number of carbonyl (C=O) groups is 1. The largest absolute Gasteiger partial charge is 0.478 e. The van der Waals surface area contributed by atoms with Gasteiger partial charge in [0.15, 0.2) is 0 Å². The summed E-state index contributed by atoms with van der Waals surface area (Å²) in [5, 5.41) is 0.177. The molecular formula is C17H26ClN3O3. The third kappa shape index (κ3) is 6.15. The van der Waals surface area contributed by atoms with E-state index in [2.05, 4.69) is 9.97 Å². The Morgan fingerprint density at radius 2 is 2.21 bits per heavy atom. The summed E-state index contributed by atoms with van der Waals surface area (Å²) in [7, 11) is 0. The van der Waals surface area contributed by atoms with E-state index in [-0.39, 0.29) is 17.4 Å². The van der Waals surface area contributed by atoms with Gasteiger partial charge in [0.1, 0.15) is 5.60 Å².